The molecule has 1 rings (SSSR count). The van der Waals surface area contributed by atoms with Crippen molar-refractivity contribution in [3.05, 3.63) is 22.8 Å². The molecule has 0 aromatic carbocycles. The van der Waals surface area contributed by atoms with Gasteiger partial charge in [-0.2, -0.15) is 0 Å². The van der Waals surface area contributed by atoms with Crippen LogP contribution in [0.3, 0.4) is 0 Å². The van der Waals surface area contributed by atoms with Crippen molar-refractivity contribution in [1.29, 1.82) is 0 Å². The number of hydrogen-bond donors (Lipinski definition) is 0. The van der Waals surface area contributed by atoms with Crippen LogP contribution in [0.4, 0.5) is 0 Å². The molecule has 0 N–H and O–H groups in total. The van der Waals surface area contributed by atoms with Crippen LogP contribution in [0.15, 0.2) is 22.8 Å². The SMILES string of the molecule is [2H]C([2H])([2H])Oc1cc(Br)ccn1. The Labute approximate surface area is 66.2 Å². The maximum Gasteiger partial charge on any atom is 0.214 e. The Morgan fingerprint density at radius 1 is 1.89 bits per heavy atom. The van der Waals surface area contributed by atoms with Crippen molar-refractivity contribution in [2.24, 2.45) is 0 Å². The van der Waals surface area contributed by atoms with Crippen molar-refractivity contribution in [3.8, 4) is 5.88 Å². The number of pyridine rings is 1. The fourth-order valence-electron chi connectivity index (χ4n) is 0.441. The molecule has 2 nitrogen and oxygen atoms in total. The number of aromatic nitrogens is 1. The van der Waals surface area contributed by atoms with E-state index in [-0.39, 0.29) is 5.88 Å². The van der Waals surface area contributed by atoms with Gasteiger partial charge < -0.3 is 4.74 Å². The summed E-state index contributed by atoms with van der Waals surface area (Å²) in [5.74, 6) is 0.0874. The fourth-order valence-corrected chi connectivity index (χ4v) is 0.755. The van der Waals surface area contributed by atoms with E-state index in [0.717, 1.165) is 4.47 Å². The first kappa shape index (κ1) is 3.56. The zero-order valence-corrected chi connectivity index (χ0v) is 6.05. The molecule has 0 aliphatic carbocycles. The van der Waals surface area contributed by atoms with E-state index in [1.165, 1.54) is 12.3 Å². The van der Waals surface area contributed by atoms with Gasteiger partial charge in [0.15, 0.2) is 0 Å². The van der Waals surface area contributed by atoms with Crippen LogP contribution < -0.4 is 4.74 Å². The minimum atomic E-state index is -2.44. The highest BCUT2D eigenvalue weighted by Crippen LogP contribution is 2.13. The quantitative estimate of drug-likeness (QED) is 0.675. The number of nitrogens with zero attached hydrogens (tertiary/aromatic N) is 1. The van der Waals surface area contributed by atoms with Crippen LogP contribution in [-0.2, 0) is 0 Å². The lowest BCUT2D eigenvalue weighted by atomic mass is 10.5. The molecule has 1 aromatic rings. The predicted octanol–water partition coefficient (Wildman–Crippen LogP) is 1.85. The summed E-state index contributed by atoms with van der Waals surface area (Å²) in [5.41, 5.74) is 0. The van der Waals surface area contributed by atoms with E-state index in [0.29, 0.717) is 0 Å². The third kappa shape index (κ3) is 1.68. The van der Waals surface area contributed by atoms with Gasteiger partial charge in [-0.1, -0.05) is 15.9 Å². The first-order chi connectivity index (χ1) is 5.47. The smallest absolute Gasteiger partial charge is 0.214 e. The average molecular weight is 191 g/mol. The molecule has 0 aliphatic rings. The van der Waals surface area contributed by atoms with E-state index >= 15 is 0 Å². The average Bonchev–Trinajstić information content (AvgIpc) is 1.82. The topological polar surface area (TPSA) is 22.1 Å². The molecule has 0 amide bonds. The van der Waals surface area contributed by atoms with E-state index in [2.05, 4.69) is 25.7 Å². The number of rotatable bonds is 1. The number of halogens is 1. The Hall–Kier alpha value is -0.570. The molecule has 0 bridgehead atoms. The van der Waals surface area contributed by atoms with E-state index < -0.39 is 7.04 Å². The van der Waals surface area contributed by atoms with Crippen molar-refractivity contribution in [3.63, 3.8) is 0 Å². The largest absolute Gasteiger partial charge is 0.481 e. The normalized spacial score (nSPS) is 15.4. The molecule has 0 radical (unpaired) electrons. The van der Waals surface area contributed by atoms with Crippen molar-refractivity contribution < 1.29 is 8.85 Å². The molecule has 0 saturated heterocycles. The maximum atomic E-state index is 6.80. The number of hydrogen-bond acceptors (Lipinski definition) is 2. The van der Waals surface area contributed by atoms with Crippen molar-refractivity contribution in [2.75, 3.05) is 7.04 Å². The van der Waals surface area contributed by atoms with E-state index in [1.54, 1.807) is 6.07 Å². The number of methoxy groups -OCH3 is 1. The molecule has 1 heterocycles. The van der Waals surface area contributed by atoms with Crippen LogP contribution in [0.2, 0.25) is 0 Å². The highest BCUT2D eigenvalue weighted by Gasteiger charge is 1.89. The first-order valence-corrected chi connectivity index (χ1v) is 3.07. The zero-order valence-electron chi connectivity index (χ0n) is 7.47. The summed E-state index contributed by atoms with van der Waals surface area (Å²) < 4.78 is 25.7. The second-order valence-electron chi connectivity index (χ2n) is 1.41. The summed E-state index contributed by atoms with van der Waals surface area (Å²) in [6.07, 6.45) is 1.46. The molecule has 1 aromatic heterocycles. The van der Waals surface area contributed by atoms with Crippen molar-refractivity contribution >= 4 is 15.9 Å². The summed E-state index contributed by atoms with van der Waals surface area (Å²) in [4.78, 5) is 3.71. The summed E-state index contributed by atoms with van der Waals surface area (Å²) in [5, 5.41) is 0. The Kier molecular flexibility index (Phi) is 1.12. The van der Waals surface area contributed by atoms with Crippen molar-refractivity contribution in [2.45, 2.75) is 0 Å². The second kappa shape index (κ2) is 2.82. The molecule has 3 heteroatoms. The number of ether oxygens (including phenoxy) is 1. The molecule has 0 aliphatic heterocycles. The lowest BCUT2D eigenvalue weighted by molar-refractivity contribution is 0.397. The third-order valence-electron chi connectivity index (χ3n) is 0.801. The van der Waals surface area contributed by atoms with Gasteiger partial charge in [-0.25, -0.2) is 4.98 Å². The molecule has 0 unspecified atom stereocenters. The zero-order chi connectivity index (χ0) is 9.19. The van der Waals surface area contributed by atoms with Gasteiger partial charge in [0.2, 0.25) is 5.88 Å². The lowest BCUT2D eigenvalue weighted by Gasteiger charge is -1.95. The van der Waals surface area contributed by atoms with Gasteiger partial charge in [0.1, 0.15) is 0 Å². The Morgan fingerprint density at radius 3 is 3.44 bits per heavy atom. The summed E-state index contributed by atoms with van der Waals surface area (Å²) in [6.45, 7) is 0. The standard InChI is InChI=1S/C6H6BrNO/c1-9-6-4-5(7)2-3-8-6/h2-4H,1H3/i1D3. The van der Waals surface area contributed by atoms with Crippen LogP contribution in [-0.4, -0.2) is 12.0 Å². The predicted molar refractivity (Wildman–Crippen MR) is 38.5 cm³/mol. The highest BCUT2D eigenvalue weighted by molar-refractivity contribution is 9.10. The molecule has 48 valence electrons. The van der Waals surface area contributed by atoms with Gasteiger partial charge in [-0.15, -0.1) is 0 Å². The third-order valence-corrected chi connectivity index (χ3v) is 1.29. The Morgan fingerprint density at radius 2 is 2.78 bits per heavy atom. The maximum absolute atomic E-state index is 6.80. The van der Waals surface area contributed by atoms with Crippen LogP contribution >= 0.6 is 15.9 Å². The molecule has 0 fully saturated rings. The summed E-state index contributed by atoms with van der Waals surface area (Å²) in [7, 11) is -2.44. The summed E-state index contributed by atoms with van der Waals surface area (Å²) >= 11 is 3.17. The van der Waals surface area contributed by atoms with Gasteiger partial charge in [0, 0.05) is 16.7 Å². The Balaban J connectivity index is 2.77. The van der Waals surface area contributed by atoms with E-state index in [9.17, 15) is 0 Å². The molecular formula is C6H6BrNO. The molecule has 0 atom stereocenters. The van der Waals surface area contributed by atoms with E-state index in [4.69, 9.17) is 4.11 Å². The fraction of sp³-hybridized carbons (Fsp3) is 0.167. The van der Waals surface area contributed by atoms with Gasteiger partial charge >= 0.3 is 0 Å². The first-order valence-electron chi connectivity index (χ1n) is 3.78. The molecule has 0 spiro atoms. The van der Waals surface area contributed by atoms with Crippen LogP contribution in [0.1, 0.15) is 4.11 Å². The monoisotopic (exact) mass is 190 g/mol. The lowest BCUT2D eigenvalue weighted by Crippen LogP contribution is -1.84. The van der Waals surface area contributed by atoms with Crippen LogP contribution in [0.5, 0.6) is 5.88 Å². The van der Waals surface area contributed by atoms with Crippen LogP contribution in [0.25, 0.3) is 0 Å². The summed E-state index contributed by atoms with van der Waals surface area (Å²) in [6, 6.07) is 3.18. The van der Waals surface area contributed by atoms with E-state index in [1.807, 2.05) is 0 Å². The van der Waals surface area contributed by atoms with Crippen molar-refractivity contribution in [1.82, 2.24) is 4.98 Å². The minimum absolute atomic E-state index is 0.0874. The van der Waals surface area contributed by atoms with Crippen LogP contribution in [0, 0.1) is 0 Å². The molecule has 9 heavy (non-hydrogen) atoms. The molecular weight excluding hydrogens is 182 g/mol. The minimum Gasteiger partial charge on any atom is -0.481 e. The van der Waals surface area contributed by atoms with Gasteiger partial charge in [0.05, 0.1) is 11.2 Å². The second-order valence-corrected chi connectivity index (χ2v) is 2.33. The van der Waals surface area contributed by atoms with Gasteiger partial charge in [0.25, 0.3) is 0 Å². The highest BCUT2D eigenvalue weighted by atomic mass is 79.9. The molecule has 0 saturated carbocycles. The Bertz CT molecular complexity index is 276. The van der Waals surface area contributed by atoms with Gasteiger partial charge in [-0.05, 0) is 6.07 Å². The van der Waals surface area contributed by atoms with Gasteiger partial charge in [-0.3, -0.25) is 0 Å².